The van der Waals surface area contributed by atoms with Crippen LogP contribution in [0.25, 0.3) is 0 Å². The summed E-state index contributed by atoms with van der Waals surface area (Å²) in [6, 6.07) is 8.29. The van der Waals surface area contributed by atoms with Crippen LogP contribution in [0.5, 0.6) is 0 Å². The average molecular weight is 420 g/mol. The summed E-state index contributed by atoms with van der Waals surface area (Å²) in [6.07, 6.45) is 2.80. The Morgan fingerprint density at radius 2 is 1.79 bits per heavy atom. The Morgan fingerprint density at radius 3 is 2.38 bits per heavy atom. The molecule has 1 amide bonds. The van der Waals surface area contributed by atoms with Crippen molar-refractivity contribution in [1.82, 2.24) is 4.31 Å². The number of anilines is 2. The first-order valence-electron chi connectivity index (χ1n) is 10.1. The van der Waals surface area contributed by atoms with E-state index in [-0.39, 0.29) is 10.7 Å². The smallest absolute Gasteiger partial charge is 0.291 e. The van der Waals surface area contributed by atoms with E-state index in [4.69, 9.17) is 4.42 Å². The molecule has 2 heterocycles. The van der Waals surface area contributed by atoms with Crippen LogP contribution in [0.3, 0.4) is 0 Å². The minimum absolute atomic E-state index is 0.192. The molecule has 1 saturated heterocycles. The summed E-state index contributed by atoms with van der Waals surface area (Å²) in [5, 5.41) is 2.85. The molecule has 2 aromatic rings. The third-order valence-corrected chi connectivity index (χ3v) is 7.13. The van der Waals surface area contributed by atoms with E-state index in [1.54, 1.807) is 37.3 Å². The zero-order valence-corrected chi connectivity index (χ0v) is 18.1. The second-order valence-electron chi connectivity index (χ2n) is 7.18. The number of amides is 1. The number of nitrogens with zero attached hydrogens (tertiary/aromatic N) is 2. The number of furan rings is 1. The van der Waals surface area contributed by atoms with Gasteiger partial charge in [-0.1, -0.05) is 6.42 Å². The highest BCUT2D eigenvalue weighted by Gasteiger charge is 2.27. The Kier molecular flexibility index (Phi) is 6.64. The van der Waals surface area contributed by atoms with Gasteiger partial charge in [-0.15, -0.1) is 0 Å². The van der Waals surface area contributed by atoms with Crippen molar-refractivity contribution in [3.05, 3.63) is 41.9 Å². The van der Waals surface area contributed by atoms with Crippen LogP contribution >= 0.6 is 0 Å². The van der Waals surface area contributed by atoms with Gasteiger partial charge in [-0.3, -0.25) is 4.79 Å². The quantitative estimate of drug-likeness (QED) is 0.737. The fraction of sp³-hybridized carbons (Fsp3) is 0.476. The minimum Gasteiger partial charge on any atom is -0.456 e. The summed E-state index contributed by atoms with van der Waals surface area (Å²) in [5.74, 6) is 0.428. The van der Waals surface area contributed by atoms with E-state index < -0.39 is 15.9 Å². The second-order valence-corrected chi connectivity index (χ2v) is 9.12. The zero-order chi connectivity index (χ0) is 21.0. The number of carbonyl (C=O) groups is 1. The first kappa shape index (κ1) is 21.4. The lowest BCUT2D eigenvalue weighted by Gasteiger charge is -2.28. The summed E-state index contributed by atoms with van der Waals surface area (Å²) in [6.45, 7) is 8.34. The lowest BCUT2D eigenvalue weighted by Crippen LogP contribution is -2.35. The van der Waals surface area contributed by atoms with Crippen LogP contribution in [0.15, 0.2) is 39.6 Å². The Labute approximate surface area is 172 Å². The normalized spacial score (nSPS) is 15.3. The van der Waals surface area contributed by atoms with Crippen molar-refractivity contribution in [1.29, 1.82) is 0 Å². The molecule has 0 bridgehead atoms. The Bertz CT molecular complexity index is 958. The number of carbonyl (C=O) groups excluding carboxylic acids is 1. The summed E-state index contributed by atoms with van der Waals surface area (Å²) in [7, 11) is -3.60. The molecule has 0 aliphatic carbocycles. The number of sulfonamides is 1. The maximum absolute atomic E-state index is 13.1. The molecule has 1 N–H and O–H groups in total. The van der Waals surface area contributed by atoms with Gasteiger partial charge in [0.1, 0.15) is 5.76 Å². The zero-order valence-electron chi connectivity index (χ0n) is 17.3. The third kappa shape index (κ3) is 4.64. The summed E-state index contributed by atoms with van der Waals surface area (Å²) >= 11 is 0. The van der Waals surface area contributed by atoms with Gasteiger partial charge in [-0.25, -0.2) is 8.42 Å². The second kappa shape index (κ2) is 9.00. The number of rotatable bonds is 7. The Balaban J connectivity index is 1.98. The molecule has 0 radical (unpaired) electrons. The molecule has 0 saturated carbocycles. The predicted octanol–water partition coefficient (Wildman–Crippen LogP) is 3.86. The molecule has 158 valence electrons. The van der Waals surface area contributed by atoms with Crippen molar-refractivity contribution >= 4 is 27.3 Å². The van der Waals surface area contributed by atoms with Crippen LogP contribution in [0.1, 0.15) is 49.4 Å². The SMILES string of the molecule is CCN(CC)c1ccc(S(=O)(=O)N2CCCCC2)cc1NC(=O)c1ccc(C)o1. The highest BCUT2D eigenvalue weighted by Crippen LogP contribution is 2.31. The standard InChI is InChI=1S/C21H29N3O4S/c1-4-23(5-2)19-11-10-17(29(26,27)24-13-7-6-8-14-24)15-18(19)22-21(25)20-12-9-16(3)28-20/h9-12,15H,4-8,13-14H2,1-3H3,(H,22,25). The Hall–Kier alpha value is -2.32. The van der Waals surface area contributed by atoms with Crippen molar-refractivity contribution in [3.63, 3.8) is 0 Å². The van der Waals surface area contributed by atoms with Crippen LogP contribution in [0, 0.1) is 6.92 Å². The van der Waals surface area contributed by atoms with Gasteiger partial charge in [0.15, 0.2) is 5.76 Å². The van der Waals surface area contributed by atoms with E-state index in [0.29, 0.717) is 24.5 Å². The minimum atomic E-state index is -3.60. The van der Waals surface area contributed by atoms with Gasteiger partial charge in [0.25, 0.3) is 5.91 Å². The molecule has 1 aliphatic rings. The lowest BCUT2D eigenvalue weighted by atomic mass is 10.2. The largest absolute Gasteiger partial charge is 0.456 e. The first-order valence-corrected chi connectivity index (χ1v) is 11.6. The monoisotopic (exact) mass is 419 g/mol. The molecular formula is C21H29N3O4S. The summed E-state index contributed by atoms with van der Waals surface area (Å²) < 4.78 is 33.1. The van der Waals surface area contributed by atoms with E-state index in [1.807, 2.05) is 13.8 Å². The fourth-order valence-electron chi connectivity index (χ4n) is 3.61. The van der Waals surface area contributed by atoms with Gasteiger partial charge in [-0.05, 0) is 63.9 Å². The Morgan fingerprint density at radius 1 is 1.10 bits per heavy atom. The number of piperidine rings is 1. The van der Waals surface area contributed by atoms with Crippen molar-refractivity contribution in [2.75, 3.05) is 36.4 Å². The average Bonchev–Trinajstić information content (AvgIpc) is 3.17. The molecule has 0 unspecified atom stereocenters. The highest BCUT2D eigenvalue weighted by molar-refractivity contribution is 7.89. The van der Waals surface area contributed by atoms with Crippen molar-refractivity contribution in [2.45, 2.75) is 44.9 Å². The highest BCUT2D eigenvalue weighted by atomic mass is 32.2. The number of aryl methyl sites for hydroxylation is 1. The molecule has 0 atom stereocenters. The van der Waals surface area contributed by atoms with Crippen molar-refractivity contribution in [2.24, 2.45) is 0 Å². The van der Waals surface area contributed by atoms with Gasteiger partial charge in [0.05, 0.1) is 16.3 Å². The summed E-state index contributed by atoms with van der Waals surface area (Å²) in [5.41, 5.74) is 1.25. The van der Waals surface area contributed by atoms with Crippen LogP contribution in [0.4, 0.5) is 11.4 Å². The fourth-order valence-corrected chi connectivity index (χ4v) is 5.15. The van der Waals surface area contributed by atoms with Gasteiger partial charge in [-0.2, -0.15) is 4.31 Å². The van der Waals surface area contributed by atoms with Crippen molar-refractivity contribution in [3.8, 4) is 0 Å². The molecule has 29 heavy (non-hydrogen) atoms. The topological polar surface area (TPSA) is 82.9 Å². The molecule has 7 nitrogen and oxygen atoms in total. The van der Waals surface area contributed by atoms with Gasteiger partial charge in [0, 0.05) is 26.2 Å². The van der Waals surface area contributed by atoms with Crippen LogP contribution < -0.4 is 10.2 Å². The first-order chi connectivity index (χ1) is 13.9. The summed E-state index contributed by atoms with van der Waals surface area (Å²) in [4.78, 5) is 14.9. The van der Waals surface area contributed by atoms with Gasteiger partial charge < -0.3 is 14.6 Å². The molecule has 1 aromatic carbocycles. The van der Waals surface area contributed by atoms with E-state index in [2.05, 4.69) is 10.2 Å². The molecule has 1 aliphatic heterocycles. The maximum Gasteiger partial charge on any atom is 0.291 e. The third-order valence-electron chi connectivity index (χ3n) is 5.24. The molecule has 3 rings (SSSR count). The molecule has 0 spiro atoms. The van der Waals surface area contributed by atoms with Crippen molar-refractivity contribution < 1.29 is 17.6 Å². The number of hydrogen-bond acceptors (Lipinski definition) is 5. The number of benzene rings is 1. The van der Waals surface area contributed by atoms with Gasteiger partial charge >= 0.3 is 0 Å². The molecule has 8 heteroatoms. The maximum atomic E-state index is 13.1. The number of hydrogen-bond donors (Lipinski definition) is 1. The van der Waals surface area contributed by atoms with Gasteiger partial charge in [0.2, 0.25) is 10.0 Å². The van der Waals surface area contributed by atoms with E-state index in [1.165, 1.54) is 4.31 Å². The van der Waals surface area contributed by atoms with E-state index >= 15 is 0 Å². The van der Waals surface area contributed by atoms with Crippen LogP contribution in [-0.2, 0) is 10.0 Å². The molecule has 1 aromatic heterocycles. The number of nitrogens with one attached hydrogen (secondary N) is 1. The van der Waals surface area contributed by atoms with E-state index in [0.717, 1.165) is 38.0 Å². The molecular weight excluding hydrogens is 390 g/mol. The predicted molar refractivity (Wildman–Crippen MR) is 114 cm³/mol. The molecule has 1 fully saturated rings. The van der Waals surface area contributed by atoms with Crippen LogP contribution in [-0.4, -0.2) is 44.8 Å². The van der Waals surface area contributed by atoms with Crippen LogP contribution in [0.2, 0.25) is 0 Å². The van der Waals surface area contributed by atoms with E-state index in [9.17, 15) is 13.2 Å². The lowest BCUT2D eigenvalue weighted by molar-refractivity contribution is 0.0995.